The third-order valence-corrected chi connectivity index (χ3v) is 10.4. The van der Waals surface area contributed by atoms with E-state index in [1.807, 2.05) is 0 Å². The van der Waals surface area contributed by atoms with Crippen molar-refractivity contribution in [2.45, 2.75) is 33.1 Å². The Labute approximate surface area is 283 Å². The molecule has 1 heteroatoms. The van der Waals surface area contributed by atoms with Crippen LogP contribution in [0, 0.1) is 27.7 Å². The first-order valence-electron chi connectivity index (χ1n) is 16.9. The summed E-state index contributed by atoms with van der Waals surface area (Å²) < 4.78 is 0. The van der Waals surface area contributed by atoms with E-state index in [4.69, 9.17) is 0 Å². The fraction of sp³-hybridized carbons (Fsp3) is 0.106. The van der Waals surface area contributed by atoms with Crippen molar-refractivity contribution < 1.29 is 0 Å². The summed E-state index contributed by atoms with van der Waals surface area (Å²) in [4.78, 5) is 2.45. The Kier molecular flexibility index (Phi) is 6.36. The van der Waals surface area contributed by atoms with Crippen LogP contribution in [0.3, 0.4) is 0 Å². The van der Waals surface area contributed by atoms with Crippen LogP contribution in [0.1, 0.15) is 44.5 Å². The summed E-state index contributed by atoms with van der Waals surface area (Å²) in [5, 5.41) is 0. The second-order valence-electron chi connectivity index (χ2n) is 13.7. The molecule has 0 saturated carbocycles. The number of nitrogens with zero attached hydrogens (tertiary/aromatic N) is 1. The number of benzene rings is 7. The first kappa shape index (κ1) is 28.6. The molecule has 0 atom stereocenters. The summed E-state index contributed by atoms with van der Waals surface area (Å²) in [5.41, 5.74) is 21.2. The molecule has 1 nitrogen and oxygen atoms in total. The van der Waals surface area contributed by atoms with Crippen LogP contribution in [0.15, 0.2) is 152 Å². The monoisotopic (exact) mass is 615 g/mol. The molecule has 1 aliphatic carbocycles. The van der Waals surface area contributed by atoms with Gasteiger partial charge in [-0.05, 0) is 120 Å². The maximum atomic E-state index is 2.49. The van der Waals surface area contributed by atoms with Crippen molar-refractivity contribution in [3.63, 3.8) is 0 Å². The van der Waals surface area contributed by atoms with Crippen LogP contribution in [-0.4, -0.2) is 0 Å². The van der Waals surface area contributed by atoms with Crippen LogP contribution in [-0.2, 0) is 5.41 Å². The fourth-order valence-corrected chi connectivity index (χ4v) is 8.65. The molecule has 7 aromatic carbocycles. The third-order valence-electron chi connectivity index (χ3n) is 10.4. The van der Waals surface area contributed by atoms with Crippen LogP contribution in [0.4, 0.5) is 17.1 Å². The van der Waals surface area contributed by atoms with Crippen LogP contribution >= 0.6 is 0 Å². The zero-order valence-electron chi connectivity index (χ0n) is 27.9. The molecule has 9 rings (SSSR count). The quantitative estimate of drug-likeness (QED) is 0.191. The summed E-state index contributed by atoms with van der Waals surface area (Å²) in [6.07, 6.45) is 0. The third kappa shape index (κ3) is 4.17. The Bertz CT molecular complexity index is 2210. The van der Waals surface area contributed by atoms with Gasteiger partial charge in [0.05, 0.1) is 16.8 Å². The number of para-hydroxylation sites is 3. The second-order valence-corrected chi connectivity index (χ2v) is 13.7. The fourth-order valence-electron chi connectivity index (χ4n) is 8.65. The Morgan fingerprint density at radius 2 is 0.771 bits per heavy atom. The van der Waals surface area contributed by atoms with Crippen molar-refractivity contribution in [2.24, 2.45) is 0 Å². The highest BCUT2D eigenvalue weighted by Crippen LogP contribution is 2.64. The van der Waals surface area contributed by atoms with Gasteiger partial charge in [-0.3, -0.25) is 0 Å². The van der Waals surface area contributed by atoms with E-state index in [1.165, 1.54) is 95.0 Å². The zero-order valence-corrected chi connectivity index (χ0v) is 27.9. The number of fused-ring (bicyclic) bond motifs is 9. The lowest BCUT2D eigenvalue weighted by atomic mass is 9.64. The summed E-state index contributed by atoms with van der Waals surface area (Å²) in [7, 11) is 0. The summed E-state index contributed by atoms with van der Waals surface area (Å²) >= 11 is 0. The minimum absolute atomic E-state index is 0.507. The molecule has 0 N–H and O–H groups in total. The summed E-state index contributed by atoms with van der Waals surface area (Å²) in [5.74, 6) is 0. The van der Waals surface area contributed by atoms with E-state index in [0.717, 1.165) is 0 Å². The van der Waals surface area contributed by atoms with Gasteiger partial charge in [0.15, 0.2) is 0 Å². The first-order chi connectivity index (χ1) is 23.4. The van der Waals surface area contributed by atoms with E-state index in [2.05, 4.69) is 184 Å². The molecular weight excluding hydrogens is 579 g/mol. The standard InChI is InChI=1S/C47H37N/c1-30-22-31(2)25-36(24-30)34-18-20-39-40-21-19-35(37-26-32(3)23-33(4)27-37)29-44(40)47(43(39)28-34)41-14-8-10-16-45(41)48(38-12-6-5-7-13-38)46-17-11-9-15-42(46)47/h5-29H,1-4H3. The molecule has 2 aliphatic rings. The van der Waals surface area contributed by atoms with Crippen LogP contribution < -0.4 is 4.90 Å². The minimum Gasteiger partial charge on any atom is -0.310 e. The molecule has 1 aliphatic heterocycles. The van der Waals surface area contributed by atoms with Crippen molar-refractivity contribution in [3.05, 3.63) is 196 Å². The maximum absolute atomic E-state index is 2.49. The molecular formula is C47H37N. The topological polar surface area (TPSA) is 3.24 Å². The van der Waals surface area contributed by atoms with Gasteiger partial charge in [-0.1, -0.05) is 138 Å². The Morgan fingerprint density at radius 3 is 1.23 bits per heavy atom. The predicted octanol–water partition coefficient (Wildman–Crippen LogP) is 12.4. The molecule has 0 saturated heterocycles. The lowest BCUT2D eigenvalue weighted by molar-refractivity contribution is 0.753. The number of anilines is 3. The Morgan fingerprint density at radius 1 is 0.354 bits per heavy atom. The van der Waals surface area contributed by atoms with Gasteiger partial charge in [0, 0.05) is 5.69 Å². The molecule has 48 heavy (non-hydrogen) atoms. The number of hydrogen-bond donors (Lipinski definition) is 0. The molecule has 230 valence electrons. The van der Waals surface area contributed by atoms with Crippen molar-refractivity contribution in [2.75, 3.05) is 4.90 Å². The number of hydrogen-bond acceptors (Lipinski definition) is 1. The van der Waals surface area contributed by atoms with Gasteiger partial charge in [-0.15, -0.1) is 0 Å². The normalized spacial score (nSPS) is 13.5. The van der Waals surface area contributed by atoms with Crippen LogP contribution in [0.5, 0.6) is 0 Å². The molecule has 0 unspecified atom stereocenters. The lowest BCUT2D eigenvalue weighted by Gasteiger charge is -2.45. The molecule has 0 aromatic heterocycles. The average molecular weight is 616 g/mol. The SMILES string of the molecule is Cc1cc(C)cc(-c2ccc3c(c2)C2(c4cc(-c5cc(C)cc(C)c5)ccc4-3)c3ccccc3N(c3ccccc3)c3ccccc32)c1. The highest BCUT2D eigenvalue weighted by Gasteiger charge is 2.51. The van der Waals surface area contributed by atoms with Gasteiger partial charge in [-0.25, -0.2) is 0 Å². The van der Waals surface area contributed by atoms with Crippen molar-refractivity contribution in [3.8, 4) is 33.4 Å². The molecule has 1 heterocycles. The molecule has 0 bridgehead atoms. The second kappa shape index (κ2) is 10.7. The number of rotatable bonds is 3. The first-order valence-corrected chi connectivity index (χ1v) is 16.9. The molecule has 0 radical (unpaired) electrons. The average Bonchev–Trinajstić information content (AvgIpc) is 3.37. The summed E-state index contributed by atoms with van der Waals surface area (Å²) in [6.45, 7) is 8.78. The van der Waals surface area contributed by atoms with E-state index in [1.54, 1.807) is 0 Å². The minimum atomic E-state index is -0.507. The van der Waals surface area contributed by atoms with Crippen LogP contribution in [0.25, 0.3) is 33.4 Å². The van der Waals surface area contributed by atoms with Crippen LogP contribution in [0.2, 0.25) is 0 Å². The smallest absolute Gasteiger partial charge is 0.0754 e. The Balaban J connectivity index is 1.40. The van der Waals surface area contributed by atoms with E-state index in [0.29, 0.717) is 0 Å². The Hall–Kier alpha value is -5.66. The van der Waals surface area contributed by atoms with E-state index < -0.39 is 5.41 Å². The van der Waals surface area contributed by atoms with E-state index in [9.17, 15) is 0 Å². The van der Waals surface area contributed by atoms with Gasteiger partial charge >= 0.3 is 0 Å². The lowest BCUT2D eigenvalue weighted by Crippen LogP contribution is -2.36. The summed E-state index contributed by atoms with van der Waals surface area (Å²) in [6, 6.07) is 57.2. The number of aryl methyl sites for hydroxylation is 4. The zero-order chi connectivity index (χ0) is 32.6. The van der Waals surface area contributed by atoms with Gasteiger partial charge in [0.25, 0.3) is 0 Å². The van der Waals surface area contributed by atoms with Crippen molar-refractivity contribution in [1.29, 1.82) is 0 Å². The molecule has 0 amide bonds. The highest BCUT2D eigenvalue weighted by atomic mass is 15.2. The molecule has 1 spiro atoms. The van der Waals surface area contributed by atoms with E-state index >= 15 is 0 Å². The molecule has 0 fully saturated rings. The highest BCUT2D eigenvalue weighted by molar-refractivity contribution is 5.97. The van der Waals surface area contributed by atoms with Gasteiger partial charge < -0.3 is 4.90 Å². The van der Waals surface area contributed by atoms with Crippen molar-refractivity contribution in [1.82, 2.24) is 0 Å². The van der Waals surface area contributed by atoms with Gasteiger partial charge in [-0.2, -0.15) is 0 Å². The molecule has 7 aromatic rings. The maximum Gasteiger partial charge on any atom is 0.0754 e. The predicted molar refractivity (Wildman–Crippen MR) is 202 cm³/mol. The van der Waals surface area contributed by atoms with E-state index in [-0.39, 0.29) is 0 Å². The van der Waals surface area contributed by atoms with Crippen molar-refractivity contribution >= 4 is 17.1 Å². The van der Waals surface area contributed by atoms with Gasteiger partial charge in [0.1, 0.15) is 0 Å². The largest absolute Gasteiger partial charge is 0.310 e. The van der Waals surface area contributed by atoms with Gasteiger partial charge in [0.2, 0.25) is 0 Å².